The molecular formula is C17H15FN4OS. The van der Waals surface area contributed by atoms with Crippen LogP contribution in [0, 0.1) is 12.7 Å². The summed E-state index contributed by atoms with van der Waals surface area (Å²) in [6, 6.07) is 8.03. The van der Waals surface area contributed by atoms with E-state index in [9.17, 15) is 4.39 Å². The average molecular weight is 342 g/mol. The summed E-state index contributed by atoms with van der Waals surface area (Å²) in [5, 5.41) is 13.9. The number of rotatable bonds is 3. The summed E-state index contributed by atoms with van der Waals surface area (Å²) >= 11 is 1.68. The van der Waals surface area contributed by atoms with E-state index in [4.69, 9.17) is 4.52 Å². The van der Waals surface area contributed by atoms with E-state index >= 15 is 0 Å². The predicted octanol–water partition coefficient (Wildman–Crippen LogP) is 3.77. The van der Waals surface area contributed by atoms with E-state index in [0.717, 1.165) is 22.0 Å². The van der Waals surface area contributed by atoms with Gasteiger partial charge in [0.2, 0.25) is 0 Å². The van der Waals surface area contributed by atoms with E-state index in [0.29, 0.717) is 24.7 Å². The Morgan fingerprint density at radius 1 is 1.33 bits per heavy atom. The first kappa shape index (κ1) is 14.9. The predicted molar refractivity (Wildman–Crippen MR) is 92.8 cm³/mol. The van der Waals surface area contributed by atoms with Crippen LogP contribution in [-0.4, -0.2) is 17.7 Å². The first-order chi connectivity index (χ1) is 11.7. The standard InChI is InChI=1S/C17H15FN4OS/c1-10-8-24-17-15(10)16(20-9-21-17)19-7-13-6-14(22-23-13)11-2-4-12(18)5-3-11/h2-6,8,21H,7,9H2,1H3,(H,19,20). The van der Waals surface area contributed by atoms with Crippen molar-refractivity contribution in [3.05, 3.63) is 58.4 Å². The lowest BCUT2D eigenvalue weighted by atomic mass is 10.1. The van der Waals surface area contributed by atoms with Gasteiger partial charge in [-0.2, -0.15) is 0 Å². The highest BCUT2D eigenvalue weighted by Crippen LogP contribution is 2.30. The third-order valence-corrected chi connectivity index (χ3v) is 4.87. The number of nitrogens with zero attached hydrogens (tertiary/aromatic N) is 2. The molecule has 0 bridgehead atoms. The molecule has 1 aliphatic heterocycles. The van der Waals surface area contributed by atoms with Crippen LogP contribution in [0.4, 0.5) is 9.39 Å². The van der Waals surface area contributed by atoms with Crippen molar-refractivity contribution in [2.24, 2.45) is 4.99 Å². The minimum Gasteiger partial charge on any atom is -0.362 e. The van der Waals surface area contributed by atoms with Gasteiger partial charge in [-0.1, -0.05) is 5.16 Å². The van der Waals surface area contributed by atoms with Gasteiger partial charge in [0.05, 0.1) is 12.1 Å². The molecule has 0 saturated carbocycles. The molecule has 0 spiro atoms. The van der Waals surface area contributed by atoms with Crippen LogP contribution in [0.15, 0.2) is 45.2 Å². The third kappa shape index (κ3) is 2.78. The maximum atomic E-state index is 13.0. The summed E-state index contributed by atoms with van der Waals surface area (Å²) in [5.74, 6) is 1.29. The van der Waals surface area contributed by atoms with Gasteiger partial charge in [0.15, 0.2) is 5.76 Å². The molecule has 3 aromatic rings. The number of thiophene rings is 1. The molecule has 2 aromatic heterocycles. The Morgan fingerprint density at radius 2 is 2.17 bits per heavy atom. The van der Waals surface area contributed by atoms with Gasteiger partial charge in [-0.15, -0.1) is 11.3 Å². The first-order valence-corrected chi connectivity index (χ1v) is 8.41. The van der Waals surface area contributed by atoms with Crippen molar-refractivity contribution < 1.29 is 8.91 Å². The fourth-order valence-corrected chi connectivity index (χ4v) is 3.54. The van der Waals surface area contributed by atoms with Gasteiger partial charge in [0.25, 0.3) is 0 Å². The lowest BCUT2D eigenvalue weighted by Gasteiger charge is -2.16. The Kier molecular flexibility index (Phi) is 3.78. The quantitative estimate of drug-likeness (QED) is 0.760. The molecule has 4 rings (SSSR count). The molecule has 1 aliphatic rings. The highest BCUT2D eigenvalue weighted by molar-refractivity contribution is 7.14. The molecule has 0 atom stereocenters. The number of halogens is 1. The van der Waals surface area contributed by atoms with Crippen LogP contribution in [-0.2, 0) is 6.54 Å². The summed E-state index contributed by atoms with van der Waals surface area (Å²) < 4.78 is 18.4. The molecule has 0 aliphatic carbocycles. The molecule has 0 fully saturated rings. The van der Waals surface area contributed by atoms with E-state index in [1.807, 2.05) is 6.07 Å². The lowest BCUT2D eigenvalue weighted by molar-refractivity contribution is 0.382. The molecule has 1 aromatic carbocycles. The second-order valence-corrected chi connectivity index (χ2v) is 6.38. The van der Waals surface area contributed by atoms with Crippen LogP contribution >= 0.6 is 11.3 Å². The monoisotopic (exact) mass is 342 g/mol. The molecule has 5 nitrogen and oxygen atoms in total. The van der Waals surface area contributed by atoms with Crippen molar-refractivity contribution in [2.75, 3.05) is 12.0 Å². The van der Waals surface area contributed by atoms with Gasteiger partial charge in [-0.3, -0.25) is 0 Å². The van der Waals surface area contributed by atoms with Crippen LogP contribution in [0.5, 0.6) is 0 Å². The zero-order chi connectivity index (χ0) is 16.5. The summed E-state index contributed by atoms with van der Waals surface area (Å²) in [7, 11) is 0. The van der Waals surface area contributed by atoms with Gasteiger partial charge in [-0.25, -0.2) is 9.38 Å². The van der Waals surface area contributed by atoms with Crippen LogP contribution < -0.4 is 10.6 Å². The highest BCUT2D eigenvalue weighted by Gasteiger charge is 2.18. The van der Waals surface area contributed by atoms with Crippen molar-refractivity contribution in [1.82, 2.24) is 10.5 Å². The zero-order valence-corrected chi connectivity index (χ0v) is 13.8. The van der Waals surface area contributed by atoms with Gasteiger partial charge >= 0.3 is 0 Å². The normalized spacial score (nSPS) is 13.2. The summed E-state index contributed by atoms with van der Waals surface area (Å²) in [4.78, 5) is 4.49. The number of benzene rings is 1. The fraction of sp³-hybridized carbons (Fsp3) is 0.176. The Morgan fingerprint density at radius 3 is 3.00 bits per heavy atom. The highest BCUT2D eigenvalue weighted by atomic mass is 32.1. The third-order valence-electron chi connectivity index (χ3n) is 3.82. The molecule has 0 radical (unpaired) electrons. The van der Waals surface area contributed by atoms with E-state index in [-0.39, 0.29) is 5.82 Å². The number of aromatic nitrogens is 1. The van der Waals surface area contributed by atoms with E-state index in [2.05, 4.69) is 33.1 Å². The molecule has 2 N–H and O–H groups in total. The summed E-state index contributed by atoms with van der Waals surface area (Å²) in [6.07, 6.45) is 0. The number of fused-ring (bicyclic) bond motifs is 1. The fourth-order valence-electron chi connectivity index (χ4n) is 2.61. The lowest BCUT2D eigenvalue weighted by Crippen LogP contribution is -2.28. The molecule has 7 heteroatoms. The molecule has 3 heterocycles. The number of hydrogen-bond donors (Lipinski definition) is 2. The van der Waals surface area contributed by atoms with E-state index in [1.54, 1.807) is 23.5 Å². The van der Waals surface area contributed by atoms with E-state index < -0.39 is 0 Å². The molecule has 122 valence electrons. The number of hydrogen-bond acceptors (Lipinski definition) is 6. The van der Waals surface area contributed by atoms with Crippen LogP contribution in [0.2, 0.25) is 0 Å². The van der Waals surface area contributed by atoms with Gasteiger partial charge in [0, 0.05) is 11.6 Å². The minimum absolute atomic E-state index is 0.269. The summed E-state index contributed by atoms with van der Waals surface area (Å²) in [5.41, 5.74) is 3.82. The smallest absolute Gasteiger partial charge is 0.156 e. The Balaban J connectivity index is 1.48. The largest absolute Gasteiger partial charge is 0.362 e. The number of aliphatic imine (C=N–C) groups is 1. The van der Waals surface area contributed by atoms with Crippen molar-refractivity contribution >= 4 is 22.2 Å². The SMILES string of the molecule is Cc1csc2c1C(NCc1cc(-c3ccc(F)cc3)no1)=NCN2. The zero-order valence-electron chi connectivity index (χ0n) is 13.0. The van der Waals surface area contributed by atoms with Crippen molar-refractivity contribution in [2.45, 2.75) is 13.5 Å². The molecular weight excluding hydrogens is 327 g/mol. The average Bonchev–Trinajstić information content (AvgIpc) is 3.21. The number of nitrogens with one attached hydrogen (secondary N) is 2. The van der Waals surface area contributed by atoms with E-state index in [1.165, 1.54) is 17.7 Å². The Bertz CT molecular complexity index is 898. The van der Waals surface area contributed by atoms with Crippen molar-refractivity contribution in [1.29, 1.82) is 0 Å². The number of anilines is 1. The number of amidine groups is 1. The van der Waals surface area contributed by atoms with Gasteiger partial charge in [0.1, 0.15) is 29.0 Å². The van der Waals surface area contributed by atoms with Crippen molar-refractivity contribution in [3.63, 3.8) is 0 Å². The molecule has 0 saturated heterocycles. The van der Waals surface area contributed by atoms with Crippen LogP contribution in [0.1, 0.15) is 16.9 Å². The molecule has 0 unspecified atom stereocenters. The summed E-state index contributed by atoms with van der Waals surface area (Å²) in [6.45, 7) is 3.12. The van der Waals surface area contributed by atoms with Crippen molar-refractivity contribution in [3.8, 4) is 11.3 Å². The van der Waals surface area contributed by atoms with Crippen LogP contribution in [0.3, 0.4) is 0 Å². The topological polar surface area (TPSA) is 62.5 Å². The van der Waals surface area contributed by atoms with Crippen LogP contribution in [0.25, 0.3) is 11.3 Å². The second kappa shape index (κ2) is 6.09. The molecule has 24 heavy (non-hydrogen) atoms. The Labute approximate surface area is 142 Å². The second-order valence-electron chi connectivity index (χ2n) is 5.50. The van der Waals surface area contributed by atoms with Gasteiger partial charge in [-0.05, 0) is 42.1 Å². The number of aryl methyl sites for hydroxylation is 1. The first-order valence-electron chi connectivity index (χ1n) is 7.53. The molecule has 0 amide bonds. The maximum Gasteiger partial charge on any atom is 0.156 e. The maximum absolute atomic E-state index is 13.0. The van der Waals surface area contributed by atoms with Gasteiger partial charge < -0.3 is 15.2 Å². The Hall–Kier alpha value is -2.67. The minimum atomic E-state index is -0.269.